The molecule has 0 aliphatic carbocycles. The van der Waals surface area contributed by atoms with E-state index >= 15 is 0 Å². The van der Waals surface area contributed by atoms with Gasteiger partial charge in [-0.1, -0.05) is 12.1 Å². The number of para-hydroxylation sites is 2. The van der Waals surface area contributed by atoms with Crippen molar-refractivity contribution in [2.75, 3.05) is 13.1 Å². The molecule has 0 aliphatic heterocycles. The molecule has 2 N–H and O–H groups in total. The minimum Gasteiger partial charge on any atom is -0.342 e. The van der Waals surface area contributed by atoms with E-state index in [0.717, 1.165) is 16.9 Å². The molecule has 116 valence electrons. The number of aromatic nitrogens is 2. The van der Waals surface area contributed by atoms with E-state index in [-0.39, 0.29) is 31.1 Å². The quantitative estimate of drug-likeness (QED) is 0.798. The molecule has 0 unspecified atom stereocenters. The largest absolute Gasteiger partial charge is 0.342 e. The van der Waals surface area contributed by atoms with Crippen molar-refractivity contribution < 1.29 is 4.79 Å². The van der Waals surface area contributed by atoms with Crippen molar-refractivity contribution in [3.63, 3.8) is 0 Å². The minimum absolute atomic E-state index is 0.0272. The SMILES string of the molecule is CC(C)n1c([C@@H](C)NCC(=O)NCC#N)nc2ccccc21. The molecule has 0 aliphatic rings. The predicted molar refractivity (Wildman–Crippen MR) is 85.2 cm³/mol. The zero-order valence-corrected chi connectivity index (χ0v) is 13.1. The molecule has 1 heterocycles. The van der Waals surface area contributed by atoms with E-state index < -0.39 is 0 Å². The van der Waals surface area contributed by atoms with Crippen molar-refractivity contribution in [1.29, 1.82) is 5.26 Å². The van der Waals surface area contributed by atoms with Gasteiger partial charge in [0.1, 0.15) is 12.4 Å². The molecule has 1 amide bonds. The van der Waals surface area contributed by atoms with E-state index in [2.05, 4.69) is 35.1 Å². The van der Waals surface area contributed by atoms with Crippen molar-refractivity contribution in [3.8, 4) is 6.07 Å². The van der Waals surface area contributed by atoms with Gasteiger partial charge in [-0.25, -0.2) is 4.98 Å². The van der Waals surface area contributed by atoms with E-state index in [4.69, 9.17) is 10.2 Å². The molecule has 0 fully saturated rings. The molecule has 1 atom stereocenters. The Labute approximate surface area is 130 Å². The molecular formula is C16H21N5O. The van der Waals surface area contributed by atoms with Crippen LogP contribution >= 0.6 is 0 Å². The zero-order chi connectivity index (χ0) is 16.1. The standard InChI is InChI=1S/C16H21N5O/c1-11(2)21-14-7-5-4-6-13(14)20-16(21)12(3)19-10-15(22)18-9-8-17/h4-7,11-12,19H,9-10H2,1-3H3,(H,18,22)/t12-/m1/s1. The third-order valence-corrected chi connectivity index (χ3v) is 3.46. The van der Waals surface area contributed by atoms with Crippen LogP contribution < -0.4 is 10.6 Å². The number of rotatable bonds is 6. The van der Waals surface area contributed by atoms with Gasteiger partial charge in [0, 0.05) is 6.04 Å². The van der Waals surface area contributed by atoms with Gasteiger partial charge >= 0.3 is 0 Å². The number of hydrogen-bond acceptors (Lipinski definition) is 4. The number of nitriles is 1. The molecule has 0 saturated carbocycles. The van der Waals surface area contributed by atoms with E-state index in [1.807, 2.05) is 31.2 Å². The Kier molecular flexibility index (Phi) is 5.12. The minimum atomic E-state index is -0.194. The summed E-state index contributed by atoms with van der Waals surface area (Å²) in [5.74, 6) is 0.713. The summed E-state index contributed by atoms with van der Waals surface area (Å²) < 4.78 is 2.18. The summed E-state index contributed by atoms with van der Waals surface area (Å²) in [6, 6.07) is 10.1. The molecule has 1 aromatic heterocycles. The Bertz CT molecular complexity index is 698. The van der Waals surface area contributed by atoms with Crippen LogP contribution in [0.25, 0.3) is 11.0 Å². The first kappa shape index (κ1) is 16.0. The Morgan fingerprint density at radius 1 is 1.36 bits per heavy atom. The highest BCUT2D eigenvalue weighted by molar-refractivity contribution is 5.78. The van der Waals surface area contributed by atoms with Gasteiger partial charge in [0.2, 0.25) is 5.91 Å². The number of nitrogens with zero attached hydrogens (tertiary/aromatic N) is 3. The Morgan fingerprint density at radius 2 is 2.09 bits per heavy atom. The van der Waals surface area contributed by atoms with Gasteiger partial charge in [-0.3, -0.25) is 10.1 Å². The first-order valence-electron chi connectivity index (χ1n) is 7.38. The topological polar surface area (TPSA) is 82.7 Å². The summed E-state index contributed by atoms with van der Waals surface area (Å²) in [6.07, 6.45) is 0. The van der Waals surface area contributed by atoms with Gasteiger partial charge in [-0.05, 0) is 32.9 Å². The number of hydrogen-bond donors (Lipinski definition) is 2. The monoisotopic (exact) mass is 299 g/mol. The normalized spacial score (nSPS) is 12.3. The van der Waals surface area contributed by atoms with E-state index in [1.165, 1.54) is 0 Å². The van der Waals surface area contributed by atoms with E-state index in [9.17, 15) is 4.79 Å². The lowest BCUT2D eigenvalue weighted by atomic mass is 10.2. The summed E-state index contributed by atoms with van der Waals surface area (Å²) in [7, 11) is 0. The van der Waals surface area contributed by atoms with Crippen molar-refractivity contribution in [2.45, 2.75) is 32.9 Å². The lowest BCUT2D eigenvalue weighted by Gasteiger charge is -2.18. The Hall–Kier alpha value is -2.39. The maximum absolute atomic E-state index is 11.6. The number of benzene rings is 1. The number of carbonyl (C=O) groups excluding carboxylic acids is 1. The fraction of sp³-hybridized carbons (Fsp3) is 0.438. The third kappa shape index (κ3) is 3.43. The van der Waals surface area contributed by atoms with Crippen LogP contribution in [0.4, 0.5) is 0 Å². The molecule has 0 bridgehead atoms. The van der Waals surface area contributed by atoms with Gasteiger partial charge in [0.15, 0.2) is 0 Å². The molecule has 2 rings (SSSR count). The fourth-order valence-corrected chi connectivity index (χ4v) is 2.45. The van der Waals surface area contributed by atoms with E-state index in [1.54, 1.807) is 0 Å². The van der Waals surface area contributed by atoms with Crippen molar-refractivity contribution in [2.24, 2.45) is 0 Å². The maximum atomic E-state index is 11.6. The van der Waals surface area contributed by atoms with Crippen molar-refractivity contribution in [1.82, 2.24) is 20.2 Å². The number of nitrogens with one attached hydrogen (secondary N) is 2. The van der Waals surface area contributed by atoms with Gasteiger partial charge < -0.3 is 9.88 Å². The molecule has 6 nitrogen and oxygen atoms in total. The van der Waals surface area contributed by atoms with Crippen LogP contribution in [0.15, 0.2) is 24.3 Å². The highest BCUT2D eigenvalue weighted by Crippen LogP contribution is 2.24. The summed E-state index contributed by atoms with van der Waals surface area (Å²) >= 11 is 0. The molecule has 22 heavy (non-hydrogen) atoms. The Morgan fingerprint density at radius 3 is 2.77 bits per heavy atom. The van der Waals surface area contributed by atoms with E-state index in [0.29, 0.717) is 0 Å². The smallest absolute Gasteiger partial charge is 0.234 e. The molecule has 0 radical (unpaired) electrons. The van der Waals surface area contributed by atoms with Crippen molar-refractivity contribution >= 4 is 16.9 Å². The van der Waals surface area contributed by atoms with Crippen LogP contribution in [0.3, 0.4) is 0 Å². The average Bonchev–Trinajstić information content (AvgIpc) is 2.90. The molecule has 0 saturated heterocycles. The van der Waals surface area contributed by atoms with Gasteiger partial charge in [-0.2, -0.15) is 5.26 Å². The first-order valence-corrected chi connectivity index (χ1v) is 7.38. The highest BCUT2D eigenvalue weighted by Gasteiger charge is 2.18. The summed E-state index contributed by atoms with van der Waals surface area (Å²) in [5, 5.41) is 14.1. The van der Waals surface area contributed by atoms with Gasteiger partial charge in [-0.15, -0.1) is 0 Å². The van der Waals surface area contributed by atoms with Crippen LogP contribution in [0.5, 0.6) is 0 Å². The van der Waals surface area contributed by atoms with Crippen LogP contribution in [0, 0.1) is 11.3 Å². The number of fused-ring (bicyclic) bond motifs is 1. The van der Waals surface area contributed by atoms with Crippen LogP contribution in [-0.4, -0.2) is 28.5 Å². The molecular weight excluding hydrogens is 278 g/mol. The molecule has 2 aromatic rings. The fourth-order valence-electron chi connectivity index (χ4n) is 2.45. The summed E-state index contributed by atoms with van der Waals surface area (Å²) in [4.78, 5) is 16.3. The van der Waals surface area contributed by atoms with Gasteiger partial charge in [0.25, 0.3) is 0 Å². The van der Waals surface area contributed by atoms with Gasteiger partial charge in [0.05, 0.1) is 29.7 Å². The number of amides is 1. The third-order valence-electron chi connectivity index (χ3n) is 3.46. The van der Waals surface area contributed by atoms with Crippen LogP contribution in [-0.2, 0) is 4.79 Å². The second-order valence-corrected chi connectivity index (χ2v) is 5.46. The number of imidazole rings is 1. The Balaban J connectivity index is 2.17. The summed E-state index contributed by atoms with van der Waals surface area (Å²) in [5.41, 5.74) is 2.05. The maximum Gasteiger partial charge on any atom is 0.234 e. The van der Waals surface area contributed by atoms with Crippen molar-refractivity contribution in [3.05, 3.63) is 30.1 Å². The number of carbonyl (C=O) groups is 1. The summed E-state index contributed by atoms with van der Waals surface area (Å²) in [6.45, 7) is 6.40. The highest BCUT2D eigenvalue weighted by atomic mass is 16.1. The lowest BCUT2D eigenvalue weighted by Crippen LogP contribution is -2.36. The first-order chi connectivity index (χ1) is 10.5. The zero-order valence-electron chi connectivity index (χ0n) is 13.1. The molecule has 6 heteroatoms. The molecule has 1 aromatic carbocycles. The second-order valence-electron chi connectivity index (χ2n) is 5.46. The lowest BCUT2D eigenvalue weighted by molar-refractivity contribution is -0.120. The van der Waals surface area contributed by atoms with Crippen LogP contribution in [0.1, 0.15) is 38.7 Å². The average molecular weight is 299 g/mol. The molecule has 0 spiro atoms. The van der Waals surface area contributed by atoms with Crippen LogP contribution in [0.2, 0.25) is 0 Å². The predicted octanol–water partition coefficient (Wildman–Crippen LogP) is 1.91. The second kappa shape index (κ2) is 7.05.